The van der Waals surface area contributed by atoms with Crippen LogP contribution in [0.3, 0.4) is 0 Å². The zero-order valence-corrected chi connectivity index (χ0v) is 19.9. The third kappa shape index (κ3) is 2.94. The molecule has 7 atom stereocenters. The fourth-order valence-electron chi connectivity index (χ4n) is 8.80. The van der Waals surface area contributed by atoms with Gasteiger partial charge in [0.15, 0.2) is 0 Å². The minimum Gasteiger partial charge on any atom is -0.421 e. The van der Waals surface area contributed by atoms with E-state index in [0.717, 1.165) is 62.5 Å². The van der Waals surface area contributed by atoms with Crippen molar-refractivity contribution in [3.8, 4) is 17.4 Å². The molecule has 0 saturated heterocycles. The largest absolute Gasteiger partial charge is 0.421 e. The number of benzene rings is 1. The summed E-state index contributed by atoms with van der Waals surface area (Å²) in [5.41, 5.74) is 2.15. The van der Waals surface area contributed by atoms with E-state index in [1.807, 2.05) is 0 Å². The third-order valence-electron chi connectivity index (χ3n) is 10.5. The van der Waals surface area contributed by atoms with Gasteiger partial charge < -0.3 is 9.52 Å². The monoisotopic (exact) mass is 461 g/mol. The minimum atomic E-state index is -0.582. The lowest BCUT2D eigenvalue weighted by atomic mass is 9.45. The second kappa shape index (κ2) is 7.52. The van der Waals surface area contributed by atoms with Gasteiger partial charge in [-0.3, -0.25) is 0 Å². The molecule has 0 unspecified atom stereocenters. The number of aliphatic hydroxyl groups is 1. The maximum absolute atomic E-state index is 13.6. The summed E-state index contributed by atoms with van der Waals surface area (Å²) in [5, 5.41) is 20.3. The molecule has 3 saturated carbocycles. The van der Waals surface area contributed by atoms with Gasteiger partial charge in [0.1, 0.15) is 23.2 Å². The lowest BCUT2D eigenvalue weighted by Gasteiger charge is -2.60. The first-order valence-electron chi connectivity index (χ1n) is 12.8. The molecule has 0 aliphatic heterocycles. The molecule has 2 aromatic rings. The smallest absolute Gasteiger partial charge is 0.354 e. The maximum Gasteiger partial charge on any atom is 0.354 e. The summed E-state index contributed by atoms with van der Waals surface area (Å²) in [5.74, 6) is 2.25. The number of hydrogen-bond acceptors (Lipinski definition) is 4. The maximum atomic E-state index is 13.6. The molecule has 3 fully saturated rings. The van der Waals surface area contributed by atoms with Crippen molar-refractivity contribution in [2.75, 3.05) is 0 Å². The fraction of sp³-hybridized carbons (Fsp3) is 0.586. The molecule has 178 valence electrons. The van der Waals surface area contributed by atoms with Crippen LogP contribution in [0.5, 0.6) is 0 Å². The van der Waals surface area contributed by atoms with Gasteiger partial charge in [-0.05, 0) is 116 Å². The van der Waals surface area contributed by atoms with Crippen molar-refractivity contribution in [3.05, 3.63) is 57.2 Å². The van der Waals surface area contributed by atoms with Gasteiger partial charge >= 0.3 is 5.63 Å². The van der Waals surface area contributed by atoms with Crippen LogP contribution in [0.15, 0.2) is 33.5 Å². The summed E-state index contributed by atoms with van der Waals surface area (Å²) in [6, 6.07) is 8.27. The Morgan fingerprint density at radius 1 is 1.09 bits per heavy atom. The van der Waals surface area contributed by atoms with Gasteiger partial charge in [-0.25, -0.2) is 9.18 Å². The first kappa shape index (κ1) is 22.0. The molecular formula is C29H32FNO3. The van der Waals surface area contributed by atoms with Crippen LogP contribution in [0.4, 0.5) is 4.39 Å². The van der Waals surface area contributed by atoms with Crippen molar-refractivity contribution < 1.29 is 13.9 Å². The Balaban J connectivity index is 1.46. The summed E-state index contributed by atoms with van der Waals surface area (Å²) in [6.45, 7) is 4.72. The molecule has 34 heavy (non-hydrogen) atoms. The predicted octanol–water partition coefficient (Wildman–Crippen LogP) is 5.73. The van der Waals surface area contributed by atoms with Crippen molar-refractivity contribution in [2.24, 2.45) is 29.1 Å². The van der Waals surface area contributed by atoms with E-state index in [9.17, 15) is 19.6 Å². The van der Waals surface area contributed by atoms with Gasteiger partial charge in [0.05, 0.1) is 6.10 Å². The van der Waals surface area contributed by atoms with Crippen LogP contribution in [0.1, 0.15) is 75.5 Å². The highest BCUT2D eigenvalue weighted by Gasteiger charge is 2.60. The van der Waals surface area contributed by atoms with Gasteiger partial charge in [0, 0.05) is 11.1 Å². The second-order valence-electron chi connectivity index (χ2n) is 11.8. The van der Waals surface area contributed by atoms with Crippen molar-refractivity contribution >= 4 is 0 Å². The van der Waals surface area contributed by atoms with Gasteiger partial charge in [-0.15, -0.1) is 0 Å². The molecule has 1 aromatic carbocycles. The molecule has 1 heterocycles. The lowest BCUT2D eigenvalue weighted by Crippen LogP contribution is -2.54. The van der Waals surface area contributed by atoms with Crippen LogP contribution in [0.25, 0.3) is 11.3 Å². The molecule has 1 N–H and O–H groups in total. The number of aliphatic hydroxyl groups excluding tert-OH is 1. The summed E-state index contributed by atoms with van der Waals surface area (Å²) in [6.07, 6.45) is 7.87. The summed E-state index contributed by atoms with van der Waals surface area (Å²) < 4.78 is 19.4. The lowest BCUT2D eigenvalue weighted by molar-refractivity contribution is -0.111. The highest BCUT2D eigenvalue weighted by atomic mass is 19.1. The standard InChI is InChI=1S/C29H32FNO3/c1-28-11-9-19(32)13-17(28)5-8-20-23(28)10-12-29(2)24(20)14-21-25(29)22(15-31)27(33)34-26(21)16-3-6-18(30)7-4-16/h3-4,6-7,17,19-20,23-24,32H,5,8-14H2,1-2H3/t17-,19-,20+,23-,24-,28-,29-/m0/s1. The molecule has 0 bridgehead atoms. The average molecular weight is 462 g/mol. The molecule has 4 aliphatic carbocycles. The first-order chi connectivity index (χ1) is 16.3. The average Bonchev–Trinajstić information content (AvgIpc) is 3.13. The Bertz CT molecular complexity index is 1240. The summed E-state index contributed by atoms with van der Waals surface area (Å²) in [4.78, 5) is 13.0. The highest BCUT2D eigenvalue weighted by Crippen LogP contribution is 2.66. The van der Waals surface area contributed by atoms with Gasteiger partial charge in [-0.2, -0.15) is 5.26 Å². The van der Waals surface area contributed by atoms with E-state index in [1.54, 1.807) is 12.1 Å². The molecule has 4 aliphatic rings. The van der Waals surface area contributed by atoms with Crippen LogP contribution in [-0.4, -0.2) is 11.2 Å². The van der Waals surface area contributed by atoms with Crippen molar-refractivity contribution in [1.82, 2.24) is 0 Å². The number of halogens is 1. The SMILES string of the molecule is C[C@]12CC[C@H](O)C[C@@H]1CC[C@@H]1[C@@H]2CC[C@]2(C)c3c(c(-c4ccc(F)cc4)oc(=O)c3C#N)C[C@@H]12. The number of hydrogen-bond donors (Lipinski definition) is 1. The van der Waals surface area contributed by atoms with Crippen molar-refractivity contribution in [3.63, 3.8) is 0 Å². The molecule has 4 nitrogen and oxygen atoms in total. The third-order valence-corrected chi connectivity index (χ3v) is 10.5. The molecule has 0 radical (unpaired) electrons. The molecular weight excluding hydrogens is 429 g/mol. The topological polar surface area (TPSA) is 74.2 Å². The number of nitrogens with zero attached hydrogens (tertiary/aromatic N) is 1. The highest BCUT2D eigenvalue weighted by molar-refractivity contribution is 5.67. The summed E-state index contributed by atoms with van der Waals surface area (Å²) in [7, 11) is 0. The van der Waals surface area contributed by atoms with Gasteiger partial charge in [0.2, 0.25) is 0 Å². The van der Waals surface area contributed by atoms with Crippen molar-refractivity contribution in [2.45, 2.75) is 76.7 Å². The van der Waals surface area contributed by atoms with E-state index in [0.29, 0.717) is 35.0 Å². The Kier molecular flexibility index (Phi) is 4.88. The zero-order chi connectivity index (χ0) is 23.8. The van der Waals surface area contributed by atoms with Gasteiger partial charge in [-0.1, -0.05) is 13.8 Å². The molecule has 1 aromatic heterocycles. The first-order valence-corrected chi connectivity index (χ1v) is 12.8. The van der Waals surface area contributed by atoms with E-state index in [-0.39, 0.29) is 28.3 Å². The molecule has 6 rings (SSSR count). The van der Waals surface area contributed by atoms with Crippen LogP contribution in [0, 0.1) is 46.2 Å². The molecule has 0 spiro atoms. The normalized spacial score (nSPS) is 38.3. The zero-order valence-electron chi connectivity index (χ0n) is 19.9. The molecule has 0 amide bonds. The van der Waals surface area contributed by atoms with E-state index < -0.39 is 5.63 Å². The Morgan fingerprint density at radius 2 is 1.85 bits per heavy atom. The van der Waals surface area contributed by atoms with E-state index >= 15 is 0 Å². The van der Waals surface area contributed by atoms with E-state index in [1.165, 1.54) is 12.1 Å². The van der Waals surface area contributed by atoms with E-state index in [4.69, 9.17) is 4.42 Å². The van der Waals surface area contributed by atoms with Crippen LogP contribution in [-0.2, 0) is 11.8 Å². The van der Waals surface area contributed by atoms with Crippen LogP contribution in [0.2, 0.25) is 0 Å². The Morgan fingerprint density at radius 3 is 2.59 bits per heavy atom. The number of fused-ring (bicyclic) bond motifs is 7. The minimum absolute atomic E-state index is 0.157. The molecule has 5 heteroatoms. The number of nitriles is 1. The Hall–Kier alpha value is -2.45. The predicted molar refractivity (Wildman–Crippen MR) is 127 cm³/mol. The van der Waals surface area contributed by atoms with Gasteiger partial charge in [0.25, 0.3) is 0 Å². The second-order valence-corrected chi connectivity index (χ2v) is 11.8. The van der Waals surface area contributed by atoms with E-state index in [2.05, 4.69) is 19.9 Å². The number of rotatable bonds is 1. The van der Waals surface area contributed by atoms with Crippen LogP contribution >= 0.6 is 0 Å². The Labute approximate surface area is 199 Å². The van der Waals surface area contributed by atoms with Crippen LogP contribution < -0.4 is 5.63 Å². The summed E-state index contributed by atoms with van der Waals surface area (Å²) >= 11 is 0. The van der Waals surface area contributed by atoms with Crippen molar-refractivity contribution in [1.29, 1.82) is 5.26 Å². The quantitative estimate of drug-likeness (QED) is 0.588. The fourth-order valence-corrected chi connectivity index (χ4v) is 8.80.